The molecule has 1 aliphatic carbocycles. The van der Waals surface area contributed by atoms with Crippen molar-refractivity contribution in [2.24, 2.45) is 11.7 Å². The summed E-state index contributed by atoms with van der Waals surface area (Å²) in [6.45, 7) is 0. The number of amidine groups is 1. The third kappa shape index (κ3) is 3.58. The van der Waals surface area contributed by atoms with E-state index in [1.54, 1.807) is 11.3 Å². The Labute approximate surface area is 135 Å². The van der Waals surface area contributed by atoms with E-state index in [0.29, 0.717) is 5.92 Å². The summed E-state index contributed by atoms with van der Waals surface area (Å²) in [6.07, 6.45) is 6.48. The van der Waals surface area contributed by atoms with Gasteiger partial charge in [-0.05, 0) is 31.0 Å². The van der Waals surface area contributed by atoms with Gasteiger partial charge in [0.1, 0.15) is 5.84 Å². The number of hydrogen-bond donors (Lipinski definition) is 2. The van der Waals surface area contributed by atoms with Crippen molar-refractivity contribution < 1.29 is 0 Å². The van der Waals surface area contributed by atoms with Crippen molar-refractivity contribution in [2.75, 3.05) is 0 Å². The number of thiophene rings is 1. The maximum absolute atomic E-state index is 7.55. The monoisotopic (exact) mass is 318 g/mol. The number of halogens is 1. The van der Waals surface area contributed by atoms with Gasteiger partial charge in [0.2, 0.25) is 0 Å². The van der Waals surface area contributed by atoms with Crippen LogP contribution in [-0.2, 0) is 0 Å². The molecule has 21 heavy (non-hydrogen) atoms. The highest BCUT2D eigenvalue weighted by Crippen LogP contribution is 2.28. The third-order valence-corrected chi connectivity index (χ3v) is 4.98. The molecule has 1 aromatic carbocycles. The lowest BCUT2D eigenvalue weighted by molar-refractivity contribution is 0.430. The molecular formula is C17H19ClN2S. The Morgan fingerprint density at radius 1 is 1.24 bits per heavy atom. The molecule has 0 atom stereocenters. The highest BCUT2D eigenvalue weighted by Gasteiger charge is 2.10. The first-order chi connectivity index (χ1) is 9.74. The van der Waals surface area contributed by atoms with Gasteiger partial charge in [0, 0.05) is 21.6 Å². The van der Waals surface area contributed by atoms with Gasteiger partial charge in [0.15, 0.2) is 0 Å². The maximum atomic E-state index is 7.55. The number of fused-ring (bicyclic) bond motifs is 1. The lowest BCUT2D eigenvalue weighted by Crippen LogP contribution is -2.08. The molecule has 1 aromatic heterocycles. The van der Waals surface area contributed by atoms with Crippen molar-refractivity contribution in [3.05, 3.63) is 34.7 Å². The van der Waals surface area contributed by atoms with Crippen molar-refractivity contribution in [3.8, 4) is 11.8 Å². The molecule has 1 saturated carbocycles. The van der Waals surface area contributed by atoms with E-state index in [0.717, 1.165) is 20.5 Å². The first kappa shape index (κ1) is 15.9. The minimum atomic E-state index is 0. The minimum absolute atomic E-state index is 0. The Bertz CT molecular complexity index is 702. The van der Waals surface area contributed by atoms with E-state index in [1.165, 1.54) is 32.1 Å². The van der Waals surface area contributed by atoms with Crippen molar-refractivity contribution >= 4 is 39.7 Å². The van der Waals surface area contributed by atoms with Crippen molar-refractivity contribution in [1.82, 2.24) is 0 Å². The van der Waals surface area contributed by atoms with Crippen molar-refractivity contribution in [2.45, 2.75) is 32.1 Å². The first-order valence-electron chi connectivity index (χ1n) is 7.12. The Kier molecular flexibility index (Phi) is 5.27. The summed E-state index contributed by atoms with van der Waals surface area (Å²) in [7, 11) is 0. The first-order valence-corrected chi connectivity index (χ1v) is 7.94. The second-order valence-electron chi connectivity index (χ2n) is 5.35. The number of nitrogens with one attached hydrogen (secondary N) is 1. The second kappa shape index (κ2) is 6.98. The second-order valence-corrected chi connectivity index (χ2v) is 6.43. The van der Waals surface area contributed by atoms with E-state index in [9.17, 15) is 0 Å². The lowest BCUT2D eigenvalue weighted by Gasteiger charge is -2.15. The van der Waals surface area contributed by atoms with Crippen LogP contribution in [0.2, 0.25) is 0 Å². The summed E-state index contributed by atoms with van der Waals surface area (Å²) < 4.78 is 1.16. The standard InChI is InChI=1S/C17H18N2S.ClH/c18-17(19)16-11-14-13(7-4-8-15(14)20-16)10-9-12-5-2-1-3-6-12;/h4,7-8,11-12H,1-3,5-6H2,(H3,18,19);1H. The molecule has 0 bridgehead atoms. The van der Waals surface area contributed by atoms with Gasteiger partial charge in [-0.1, -0.05) is 37.2 Å². The van der Waals surface area contributed by atoms with Crippen LogP contribution in [0.15, 0.2) is 24.3 Å². The average Bonchev–Trinajstić information content (AvgIpc) is 2.91. The summed E-state index contributed by atoms with van der Waals surface area (Å²) in [5.74, 6) is 7.49. The van der Waals surface area contributed by atoms with E-state index in [1.807, 2.05) is 12.1 Å². The molecule has 2 nitrogen and oxygen atoms in total. The molecule has 3 rings (SSSR count). The van der Waals surface area contributed by atoms with Crippen LogP contribution in [0, 0.1) is 23.2 Å². The van der Waals surface area contributed by atoms with Gasteiger partial charge in [-0.3, -0.25) is 5.41 Å². The lowest BCUT2D eigenvalue weighted by atomic mass is 9.89. The highest BCUT2D eigenvalue weighted by molar-refractivity contribution is 7.20. The zero-order valence-corrected chi connectivity index (χ0v) is 13.4. The highest BCUT2D eigenvalue weighted by atomic mass is 35.5. The van der Waals surface area contributed by atoms with E-state index in [2.05, 4.69) is 24.0 Å². The Balaban J connectivity index is 0.00000161. The normalized spacial score (nSPS) is 15.0. The molecule has 110 valence electrons. The van der Waals surface area contributed by atoms with Gasteiger partial charge < -0.3 is 5.73 Å². The van der Waals surface area contributed by atoms with Gasteiger partial charge >= 0.3 is 0 Å². The number of nitrogens with two attached hydrogens (primary N) is 1. The largest absolute Gasteiger partial charge is 0.383 e. The molecule has 0 amide bonds. The molecule has 0 spiro atoms. The molecule has 0 saturated heterocycles. The van der Waals surface area contributed by atoms with Crippen LogP contribution in [-0.4, -0.2) is 5.84 Å². The smallest absolute Gasteiger partial charge is 0.133 e. The van der Waals surface area contributed by atoms with Crippen LogP contribution < -0.4 is 5.73 Å². The molecule has 1 aliphatic rings. The summed E-state index contributed by atoms with van der Waals surface area (Å²) in [5.41, 5.74) is 6.64. The molecule has 2 aromatic rings. The van der Waals surface area contributed by atoms with Crippen LogP contribution in [0.3, 0.4) is 0 Å². The van der Waals surface area contributed by atoms with Gasteiger partial charge in [-0.2, -0.15) is 0 Å². The third-order valence-electron chi connectivity index (χ3n) is 3.84. The molecule has 4 heteroatoms. The summed E-state index contributed by atoms with van der Waals surface area (Å²) in [5, 5.41) is 8.68. The fourth-order valence-corrected chi connectivity index (χ4v) is 3.68. The minimum Gasteiger partial charge on any atom is -0.383 e. The summed E-state index contributed by atoms with van der Waals surface area (Å²) >= 11 is 1.56. The van der Waals surface area contributed by atoms with Crippen LogP contribution in [0.1, 0.15) is 42.5 Å². The number of rotatable bonds is 1. The average molecular weight is 319 g/mol. The Morgan fingerprint density at radius 3 is 2.71 bits per heavy atom. The molecule has 3 N–H and O–H groups in total. The van der Waals surface area contributed by atoms with Crippen LogP contribution >= 0.6 is 23.7 Å². The van der Waals surface area contributed by atoms with Gasteiger partial charge in [-0.15, -0.1) is 23.7 Å². The SMILES string of the molecule is Cl.N=C(N)c1cc2c(C#CC3CCCCC3)cccc2s1. The van der Waals surface area contributed by atoms with Gasteiger partial charge in [0.25, 0.3) is 0 Å². The van der Waals surface area contributed by atoms with Crippen LogP contribution in [0.5, 0.6) is 0 Å². The van der Waals surface area contributed by atoms with Gasteiger partial charge in [0.05, 0.1) is 4.88 Å². The number of hydrogen-bond acceptors (Lipinski definition) is 2. The molecule has 0 aliphatic heterocycles. The molecule has 1 fully saturated rings. The summed E-state index contributed by atoms with van der Waals surface area (Å²) in [4.78, 5) is 0.826. The molecule has 0 unspecified atom stereocenters. The Morgan fingerprint density at radius 2 is 2.00 bits per heavy atom. The predicted molar refractivity (Wildman–Crippen MR) is 93.5 cm³/mol. The topological polar surface area (TPSA) is 49.9 Å². The molecule has 1 heterocycles. The zero-order valence-electron chi connectivity index (χ0n) is 11.8. The molecular weight excluding hydrogens is 300 g/mol. The van der Waals surface area contributed by atoms with Crippen molar-refractivity contribution in [1.29, 1.82) is 5.41 Å². The number of nitrogen functional groups attached to an aromatic ring is 1. The fraction of sp³-hybridized carbons (Fsp3) is 0.353. The van der Waals surface area contributed by atoms with E-state index >= 15 is 0 Å². The van der Waals surface area contributed by atoms with Gasteiger partial charge in [-0.25, -0.2) is 0 Å². The quantitative estimate of drug-likeness (QED) is 0.452. The Hall–Kier alpha value is -1.50. The molecule has 0 radical (unpaired) electrons. The van der Waals surface area contributed by atoms with Crippen LogP contribution in [0.4, 0.5) is 0 Å². The summed E-state index contributed by atoms with van der Waals surface area (Å²) in [6, 6.07) is 8.16. The van der Waals surface area contributed by atoms with E-state index in [-0.39, 0.29) is 18.2 Å². The van der Waals surface area contributed by atoms with E-state index in [4.69, 9.17) is 11.1 Å². The van der Waals surface area contributed by atoms with Crippen molar-refractivity contribution in [3.63, 3.8) is 0 Å². The number of benzene rings is 1. The zero-order chi connectivity index (χ0) is 13.9. The predicted octanol–water partition coefficient (Wildman–Crippen LogP) is 4.54. The van der Waals surface area contributed by atoms with E-state index < -0.39 is 0 Å². The fourth-order valence-electron chi connectivity index (χ4n) is 2.73. The maximum Gasteiger partial charge on any atom is 0.133 e. The van der Waals surface area contributed by atoms with Crippen LogP contribution in [0.25, 0.3) is 10.1 Å².